The number of nitrogens with one attached hydrogen (secondary N) is 2. The van der Waals surface area contributed by atoms with Gasteiger partial charge in [-0.3, -0.25) is 5.43 Å². The number of halogens is 2. The van der Waals surface area contributed by atoms with E-state index in [-0.39, 0.29) is 0 Å². The van der Waals surface area contributed by atoms with Crippen molar-refractivity contribution in [1.29, 1.82) is 0 Å². The quantitative estimate of drug-likeness (QED) is 0.176. The second kappa shape index (κ2) is 7.85. The first kappa shape index (κ1) is 14.7. The Labute approximate surface area is 122 Å². The molecule has 1 aromatic carbocycles. The summed E-state index contributed by atoms with van der Waals surface area (Å²) in [5, 5.41) is 3.09. The van der Waals surface area contributed by atoms with Gasteiger partial charge in [0.05, 0.1) is 18.8 Å². The molecule has 0 atom stereocenters. The van der Waals surface area contributed by atoms with Crippen molar-refractivity contribution in [3.8, 4) is 0 Å². The molecule has 0 unspecified atom stereocenters. The summed E-state index contributed by atoms with van der Waals surface area (Å²) in [6, 6.07) is 5.96. The summed E-state index contributed by atoms with van der Waals surface area (Å²) in [5.74, 6) is 5.89. The van der Waals surface area contributed by atoms with Crippen molar-refractivity contribution >= 4 is 50.2 Å². The molecule has 0 bridgehead atoms. The Kier molecular flexibility index (Phi) is 6.78. The van der Waals surface area contributed by atoms with Gasteiger partial charge in [0.15, 0.2) is 0 Å². The topological polar surface area (TPSA) is 71.7 Å². The third kappa shape index (κ3) is 5.19. The first-order valence-electron chi connectivity index (χ1n) is 4.89. The Morgan fingerprint density at radius 3 is 2.94 bits per heavy atom. The van der Waals surface area contributed by atoms with Gasteiger partial charge in [0.2, 0.25) is 5.96 Å². The van der Waals surface area contributed by atoms with Gasteiger partial charge < -0.3 is 10.1 Å². The molecule has 0 heterocycles. The number of ether oxygens (including phenoxy) is 1. The van der Waals surface area contributed by atoms with E-state index in [1.54, 1.807) is 7.11 Å². The molecule has 0 aromatic heterocycles. The average molecular weight is 413 g/mol. The highest BCUT2D eigenvalue weighted by Crippen LogP contribution is 2.24. The fourth-order valence-electron chi connectivity index (χ4n) is 1.09. The van der Waals surface area contributed by atoms with Crippen LogP contribution in [0, 0.1) is 3.57 Å². The highest BCUT2D eigenvalue weighted by molar-refractivity contribution is 14.1. The summed E-state index contributed by atoms with van der Waals surface area (Å²) in [6.07, 6.45) is 0. The SMILES string of the molecule is COCCN=C(NN)Nc1ccc(I)cc1Br. The monoisotopic (exact) mass is 412 g/mol. The molecule has 1 aromatic rings. The third-order valence-electron chi connectivity index (χ3n) is 1.89. The highest BCUT2D eigenvalue weighted by atomic mass is 127. The molecule has 17 heavy (non-hydrogen) atoms. The first-order chi connectivity index (χ1) is 8.17. The van der Waals surface area contributed by atoms with Crippen LogP contribution >= 0.6 is 38.5 Å². The van der Waals surface area contributed by atoms with Crippen LogP contribution in [0.3, 0.4) is 0 Å². The predicted molar refractivity (Wildman–Crippen MR) is 82.0 cm³/mol. The van der Waals surface area contributed by atoms with E-state index < -0.39 is 0 Å². The van der Waals surface area contributed by atoms with E-state index in [0.717, 1.165) is 13.7 Å². The normalized spacial score (nSPS) is 11.4. The van der Waals surface area contributed by atoms with Crippen LogP contribution in [0.2, 0.25) is 0 Å². The molecule has 94 valence electrons. The maximum atomic E-state index is 5.38. The van der Waals surface area contributed by atoms with Gasteiger partial charge in [-0.15, -0.1) is 0 Å². The number of rotatable bonds is 4. The van der Waals surface area contributed by atoms with Crippen LogP contribution < -0.4 is 16.6 Å². The van der Waals surface area contributed by atoms with Gasteiger partial charge in [-0.1, -0.05) is 0 Å². The largest absolute Gasteiger partial charge is 0.383 e. The standard InChI is InChI=1S/C10H14BrIN4O/c1-17-5-4-14-10(16-13)15-9-3-2-7(12)6-8(9)11/h2-3,6H,4-5,13H2,1H3,(H2,14,15,16). The number of hydrazine groups is 1. The van der Waals surface area contributed by atoms with Gasteiger partial charge in [-0.05, 0) is 56.7 Å². The summed E-state index contributed by atoms with van der Waals surface area (Å²) >= 11 is 5.72. The fourth-order valence-corrected chi connectivity index (χ4v) is 2.49. The molecule has 0 aliphatic heterocycles. The Morgan fingerprint density at radius 1 is 1.59 bits per heavy atom. The number of guanidine groups is 1. The number of anilines is 1. The van der Waals surface area contributed by atoms with Gasteiger partial charge in [0, 0.05) is 15.2 Å². The van der Waals surface area contributed by atoms with Crippen LogP contribution in [0.5, 0.6) is 0 Å². The van der Waals surface area contributed by atoms with E-state index in [9.17, 15) is 0 Å². The summed E-state index contributed by atoms with van der Waals surface area (Å²) < 4.78 is 7.02. The van der Waals surface area contributed by atoms with Gasteiger partial charge in [-0.25, -0.2) is 10.8 Å². The lowest BCUT2D eigenvalue weighted by Gasteiger charge is -2.11. The molecule has 0 radical (unpaired) electrons. The van der Waals surface area contributed by atoms with Crippen molar-refractivity contribution in [2.24, 2.45) is 10.8 Å². The highest BCUT2D eigenvalue weighted by Gasteiger charge is 2.02. The number of nitrogens with two attached hydrogens (primary N) is 1. The summed E-state index contributed by atoms with van der Waals surface area (Å²) in [6.45, 7) is 1.10. The minimum atomic E-state index is 0.504. The molecule has 0 amide bonds. The van der Waals surface area contributed by atoms with Crippen LogP contribution in [0.4, 0.5) is 5.69 Å². The van der Waals surface area contributed by atoms with Crippen LogP contribution in [-0.4, -0.2) is 26.2 Å². The molecule has 0 saturated carbocycles. The molecule has 5 nitrogen and oxygen atoms in total. The molecule has 1 rings (SSSR count). The number of hydrogen-bond acceptors (Lipinski definition) is 3. The van der Waals surface area contributed by atoms with Crippen LogP contribution in [0.25, 0.3) is 0 Å². The van der Waals surface area contributed by atoms with Crippen molar-refractivity contribution in [3.63, 3.8) is 0 Å². The second-order valence-corrected chi connectivity index (χ2v) is 5.22. The van der Waals surface area contributed by atoms with E-state index in [1.165, 1.54) is 0 Å². The molecule has 0 fully saturated rings. The van der Waals surface area contributed by atoms with E-state index in [0.29, 0.717) is 19.1 Å². The first-order valence-corrected chi connectivity index (χ1v) is 6.76. The van der Waals surface area contributed by atoms with E-state index >= 15 is 0 Å². The lowest BCUT2D eigenvalue weighted by atomic mass is 10.3. The number of benzene rings is 1. The Balaban J connectivity index is 2.70. The summed E-state index contributed by atoms with van der Waals surface area (Å²) in [5.41, 5.74) is 3.41. The lowest BCUT2D eigenvalue weighted by molar-refractivity contribution is 0.208. The maximum Gasteiger partial charge on any atom is 0.210 e. The third-order valence-corrected chi connectivity index (χ3v) is 3.21. The van der Waals surface area contributed by atoms with Crippen LogP contribution in [0.15, 0.2) is 27.7 Å². The van der Waals surface area contributed by atoms with Gasteiger partial charge in [-0.2, -0.15) is 0 Å². The van der Waals surface area contributed by atoms with Gasteiger partial charge in [0.25, 0.3) is 0 Å². The smallest absolute Gasteiger partial charge is 0.210 e. The molecule has 0 spiro atoms. The number of aliphatic imine (C=N–C) groups is 1. The molecule has 0 aliphatic rings. The molecular formula is C10H14BrIN4O. The number of methoxy groups -OCH3 is 1. The second-order valence-electron chi connectivity index (χ2n) is 3.12. The Hall–Kier alpha value is -0.380. The van der Waals surface area contributed by atoms with Crippen LogP contribution in [-0.2, 0) is 4.74 Å². The molecular weight excluding hydrogens is 399 g/mol. The predicted octanol–water partition coefficient (Wildman–Crippen LogP) is 1.93. The van der Waals surface area contributed by atoms with E-state index in [2.05, 4.69) is 54.3 Å². The molecule has 7 heteroatoms. The summed E-state index contributed by atoms with van der Waals surface area (Å²) in [7, 11) is 1.63. The maximum absolute atomic E-state index is 5.38. The summed E-state index contributed by atoms with van der Waals surface area (Å²) in [4.78, 5) is 4.21. The zero-order valence-electron chi connectivity index (χ0n) is 9.34. The molecule has 4 N–H and O–H groups in total. The molecule has 0 aliphatic carbocycles. The zero-order valence-corrected chi connectivity index (χ0v) is 13.1. The fraction of sp³-hybridized carbons (Fsp3) is 0.300. The minimum Gasteiger partial charge on any atom is -0.383 e. The Morgan fingerprint density at radius 2 is 2.35 bits per heavy atom. The minimum absolute atomic E-state index is 0.504. The van der Waals surface area contributed by atoms with Crippen LogP contribution in [0.1, 0.15) is 0 Å². The van der Waals surface area contributed by atoms with E-state index in [4.69, 9.17) is 10.6 Å². The number of hydrogen-bond donors (Lipinski definition) is 3. The molecule has 0 saturated heterocycles. The van der Waals surface area contributed by atoms with Crippen molar-refractivity contribution < 1.29 is 4.74 Å². The van der Waals surface area contributed by atoms with E-state index in [1.807, 2.05) is 18.2 Å². The van der Waals surface area contributed by atoms with Gasteiger partial charge in [0.1, 0.15) is 0 Å². The van der Waals surface area contributed by atoms with Crippen molar-refractivity contribution in [2.75, 3.05) is 25.6 Å². The van der Waals surface area contributed by atoms with Crippen molar-refractivity contribution in [2.45, 2.75) is 0 Å². The Bertz CT molecular complexity index is 400. The van der Waals surface area contributed by atoms with Crippen molar-refractivity contribution in [3.05, 3.63) is 26.2 Å². The van der Waals surface area contributed by atoms with Gasteiger partial charge >= 0.3 is 0 Å². The number of nitrogens with zero attached hydrogens (tertiary/aromatic N) is 1. The lowest BCUT2D eigenvalue weighted by Crippen LogP contribution is -2.36. The zero-order chi connectivity index (χ0) is 12.7. The van der Waals surface area contributed by atoms with Crippen molar-refractivity contribution in [1.82, 2.24) is 5.43 Å². The average Bonchev–Trinajstić information content (AvgIpc) is 2.31.